The van der Waals surface area contributed by atoms with E-state index >= 15 is 0 Å². The van der Waals surface area contributed by atoms with Gasteiger partial charge in [-0.15, -0.1) is 0 Å². The van der Waals surface area contributed by atoms with E-state index in [-0.39, 0.29) is 12.1 Å². The lowest BCUT2D eigenvalue weighted by Crippen LogP contribution is -2.26. The van der Waals surface area contributed by atoms with E-state index < -0.39 is 0 Å². The summed E-state index contributed by atoms with van der Waals surface area (Å²) in [5.41, 5.74) is 0. The first-order valence-corrected chi connectivity index (χ1v) is 8.23. The Morgan fingerprint density at radius 1 is 1.16 bits per heavy atom. The molecule has 2 aliphatic rings. The van der Waals surface area contributed by atoms with Gasteiger partial charge in [-0.1, -0.05) is 26.7 Å². The number of esters is 1. The van der Waals surface area contributed by atoms with Crippen LogP contribution in [-0.4, -0.2) is 12.1 Å². The number of carbonyl (C=O) groups is 1. The van der Waals surface area contributed by atoms with Crippen molar-refractivity contribution in [2.24, 2.45) is 23.7 Å². The van der Waals surface area contributed by atoms with Crippen molar-refractivity contribution < 1.29 is 9.53 Å². The molecule has 2 aliphatic carbocycles. The molecule has 2 rings (SSSR count). The fourth-order valence-corrected chi connectivity index (χ4v) is 4.17. The number of ether oxygens (including phenoxy) is 1. The lowest BCUT2D eigenvalue weighted by atomic mass is 9.74. The maximum Gasteiger partial charge on any atom is 0.302 e. The normalized spacial score (nSPS) is 37.0. The third kappa shape index (κ3) is 4.22. The monoisotopic (exact) mass is 266 g/mol. The minimum atomic E-state index is -0.101. The largest absolute Gasteiger partial charge is 0.462 e. The van der Waals surface area contributed by atoms with E-state index in [4.69, 9.17) is 4.74 Å². The van der Waals surface area contributed by atoms with Gasteiger partial charge in [0.15, 0.2) is 0 Å². The van der Waals surface area contributed by atoms with Crippen LogP contribution in [-0.2, 0) is 9.53 Å². The maximum absolute atomic E-state index is 11.1. The second-order valence-corrected chi connectivity index (χ2v) is 7.07. The SMILES string of the molecule is CC(=O)O[C@H]1CCC[C@H]1C[C@@H](C)[C@H]1CC[C@H](C)CC1. The van der Waals surface area contributed by atoms with Crippen LogP contribution in [0.25, 0.3) is 0 Å². The lowest BCUT2D eigenvalue weighted by molar-refractivity contribution is -0.148. The van der Waals surface area contributed by atoms with Gasteiger partial charge < -0.3 is 4.74 Å². The highest BCUT2D eigenvalue weighted by atomic mass is 16.5. The van der Waals surface area contributed by atoms with Gasteiger partial charge in [0.1, 0.15) is 6.10 Å². The molecule has 2 nitrogen and oxygen atoms in total. The summed E-state index contributed by atoms with van der Waals surface area (Å²) >= 11 is 0. The van der Waals surface area contributed by atoms with Crippen LogP contribution in [0.4, 0.5) is 0 Å². The average Bonchev–Trinajstić information content (AvgIpc) is 2.76. The number of rotatable bonds is 4. The van der Waals surface area contributed by atoms with Crippen molar-refractivity contribution in [3.63, 3.8) is 0 Å². The van der Waals surface area contributed by atoms with Crippen molar-refractivity contribution in [3.05, 3.63) is 0 Å². The van der Waals surface area contributed by atoms with E-state index in [9.17, 15) is 4.79 Å². The van der Waals surface area contributed by atoms with Gasteiger partial charge in [0, 0.05) is 6.92 Å². The van der Waals surface area contributed by atoms with E-state index in [1.165, 1.54) is 44.9 Å². The molecule has 0 aliphatic heterocycles. The first-order valence-electron chi connectivity index (χ1n) is 8.23. The van der Waals surface area contributed by atoms with E-state index in [0.29, 0.717) is 5.92 Å². The van der Waals surface area contributed by atoms with Gasteiger partial charge in [-0.05, 0) is 62.2 Å². The molecule has 0 aromatic carbocycles. The molecule has 19 heavy (non-hydrogen) atoms. The molecule has 2 heteroatoms. The third-order valence-electron chi connectivity index (χ3n) is 5.45. The molecule has 110 valence electrons. The van der Waals surface area contributed by atoms with Gasteiger partial charge >= 0.3 is 5.97 Å². The molecule has 3 atom stereocenters. The molecular formula is C17H30O2. The Hall–Kier alpha value is -0.530. The van der Waals surface area contributed by atoms with Crippen LogP contribution in [0, 0.1) is 23.7 Å². The quantitative estimate of drug-likeness (QED) is 0.697. The zero-order valence-corrected chi connectivity index (χ0v) is 12.9. The third-order valence-corrected chi connectivity index (χ3v) is 5.45. The Labute approximate surface area is 118 Å². The van der Waals surface area contributed by atoms with Crippen LogP contribution in [0.5, 0.6) is 0 Å². The van der Waals surface area contributed by atoms with Crippen LogP contribution in [0.3, 0.4) is 0 Å². The zero-order chi connectivity index (χ0) is 13.8. The predicted octanol–water partition coefficient (Wildman–Crippen LogP) is 4.57. The van der Waals surface area contributed by atoms with Crippen LogP contribution < -0.4 is 0 Å². The number of hydrogen-bond donors (Lipinski definition) is 0. The predicted molar refractivity (Wildman–Crippen MR) is 77.8 cm³/mol. The fourth-order valence-electron chi connectivity index (χ4n) is 4.17. The molecule has 0 heterocycles. The van der Waals surface area contributed by atoms with Crippen LogP contribution >= 0.6 is 0 Å². The minimum Gasteiger partial charge on any atom is -0.462 e. The Bertz CT molecular complexity index is 292. The van der Waals surface area contributed by atoms with Gasteiger partial charge in [0.2, 0.25) is 0 Å². The molecule has 0 N–H and O–H groups in total. The Balaban J connectivity index is 1.80. The van der Waals surface area contributed by atoms with E-state index in [1.807, 2.05) is 0 Å². The number of carbonyl (C=O) groups excluding carboxylic acids is 1. The van der Waals surface area contributed by atoms with Gasteiger partial charge in [-0.25, -0.2) is 0 Å². The fraction of sp³-hybridized carbons (Fsp3) is 0.941. The minimum absolute atomic E-state index is 0.101. The first-order chi connectivity index (χ1) is 9.06. The molecule has 0 saturated heterocycles. The standard InChI is InChI=1S/C17H30O2/c1-12-7-9-15(10-8-12)13(2)11-16-5-4-6-17(16)19-14(3)18/h12-13,15-17H,4-11H2,1-3H3/t12-,13-,15-,16+,17+/m1/s1. The van der Waals surface area contributed by atoms with Crippen LogP contribution in [0.1, 0.15) is 72.1 Å². The number of hydrogen-bond acceptors (Lipinski definition) is 2. The second kappa shape index (κ2) is 6.76. The Morgan fingerprint density at radius 2 is 1.84 bits per heavy atom. The first kappa shape index (κ1) is 14.9. The summed E-state index contributed by atoms with van der Waals surface area (Å²) in [5, 5.41) is 0. The molecule has 0 spiro atoms. The topological polar surface area (TPSA) is 26.3 Å². The highest BCUT2D eigenvalue weighted by molar-refractivity contribution is 5.66. The average molecular weight is 266 g/mol. The van der Waals surface area contributed by atoms with E-state index in [2.05, 4.69) is 13.8 Å². The molecule has 0 unspecified atom stereocenters. The highest BCUT2D eigenvalue weighted by Gasteiger charge is 2.33. The van der Waals surface area contributed by atoms with Gasteiger partial charge in [0.05, 0.1) is 0 Å². The summed E-state index contributed by atoms with van der Waals surface area (Å²) in [4.78, 5) is 11.1. The van der Waals surface area contributed by atoms with Crippen LogP contribution in [0.2, 0.25) is 0 Å². The van der Waals surface area contributed by atoms with Crippen molar-refractivity contribution in [2.45, 2.75) is 78.2 Å². The van der Waals surface area contributed by atoms with Crippen molar-refractivity contribution >= 4 is 5.97 Å². The van der Waals surface area contributed by atoms with Crippen molar-refractivity contribution in [1.29, 1.82) is 0 Å². The molecule has 0 bridgehead atoms. The molecular weight excluding hydrogens is 236 g/mol. The summed E-state index contributed by atoms with van der Waals surface area (Å²) < 4.78 is 5.49. The molecule has 0 amide bonds. The van der Waals surface area contributed by atoms with Crippen molar-refractivity contribution in [2.75, 3.05) is 0 Å². The lowest BCUT2D eigenvalue weighted by Gasteiger charge is -2.33. The Morgan fingerprint density at radius 3 is 2.47 bits per heavy atom. The van der Waals surface area contributed by atoms with E-state index in [1.54, 1.807) is 6.92 Å². The maximum atomic E-state index is 11.1. The summed E-state index contributed by atoms with van der Waals surface area (Å²) in [5.74, 6) is 3.17. The van der Waals surface area contributed by atoms with Crippen molar-refractivity contribution in [1.82, 2.24) is 0 Å². The zero-order valence-electron chi connectivity index (χ0n) is 12.9. The smallest absolute Gasteiger partial charge is 0.302 e. The molecule has 0 radical (unpaired) electrons. The second-order valence-electron chi connectivity index (χ2n) is 7.07. The summed E-state index contributed by atoms with van der Waals surface area (Å²) in [7, 11) is 0. The van der Waals surface area contributed by atoms with Gasteiger partial charge in [-0.2, -0.15) is 0 Å². The van der Waals surface area contributed by atoms with Gasteiger partial charge in [-0.3, -0.25) is 4.79 Å². The summed E-state index contributed by atoms with van der Waals surface area (Å²) in [6.07, 6.45) is 10.7. The summed E-state index contributed by atoms with van der Waals surface area (Å²) in [6.45, 7) is 6.35. The van der Waals surface area contributed by atoms with E-state index in [0.717, 1.165) is 24.2 Å². The Kier molecular flexibility index (Phi) is 5.29. The van der Waals surface area contributed by atoms with Crippen molar-refractivity contribution in [3.8, 4) is 0 Å². The van der Waals surface area contributed by atoms with Crippen LogP contribution in [0.15, 0.2) is 0 Å². The molecule has 2 saturated carbocycles. The highest BCUT2D eigenvalue weighted by Crippen LogP contribution is 2.39. The molecule has 2 fully saturated rings. The molecule has 0 aromatic rings. The molecule has 0 aromatic heterocycles. The van der Waals surface area contributed by atoms with Gasteiger partial charge in [0.25, 0.3) is 0 Å². The summed E-state index contributed by atoms with van der Waals surface area (Å²) in [6, 6.07) is 0.